The minimum absolute atomic E-state index is 0.305. The smallest absolute Gasteiger partial charge is 0.246 e. The monoisotopic (exact) mass is 300 g/mol. The van der Waals surface area contributed by atoms with Crippen LogP contribution in [0.2, 0.25) is 0 Å². The topological polar surface area (TPSA) is 78.1 Å². The van der Waals surface area contributed by atoms with Crippen molar-refractivity contribution in [2.24, 2.45) is 5.92 Å². The van der Waals surface area contributed by atoms with E-state index in [9.17, 15) is 8.42 Å². The van der Waals surface area contributed by atoms with Gasteiger partial charge in [0, 0.05) is 13.1 Å². The second-order valence-electron chi connectivity index (χ2n) is 5.42. The zero-order valence-electron chi connectivity index (χ0n) is 12.2. The third-order valence-electron chi connectivity index (χ3n) is 3.80. The highest BCUT2D eigenvalue weighted by molar-refractivity contribution is 7.89. The molecule has 20 heavy (non-hydrogen) atoms. The quantitative estimate of drug-likeness (QED) is 0.825. The van der Waals surface area contributed by atoms with Crippen molar-refractivity contribution in [2.75, 3.05) is 26.2 Å². The van der Waals surface area contributed by atoms with Gasteiger partial charge < -0.3 is 5.32 Å². The van der Waals surface area contributed by atoms with E-state index in [1.165, 1.54) is 6.20 Å². The summed E-state index contributed by atoms with van der Waals surface area (Å²) in [5, 5.41) is 9.86. The van der Waals surface area contributed by atoms with Crippen molar-refractivity contribution in [3.63, 3.8) is 0 Å². The zero-order chi connectivity index (χ0) is 14.6. The molecule has 0 spiro atoms. The summed E-state index contributed by atoms with van der Waals surface area (Å²) in [6.45, 7) is 6.89. The Hall–Kier alpha value is -0.920. The summed E-state index contributed by atoms with van der Waals surface area (Å²) in [7, 11) is -3.43. The molecular formula is C13H24N4O2S. The van der Waals surface area contributed by atoms with Crippen LogP contribution in [0.1, 0.15) is 31.9 Å². The number of H-pyrrole nitrogens is 1. The number of sulfonamides is 1. The van der Waals surface area contributed by atoms with Crippen LogP contribution < -0.4 is 5.32 Å². The van der Waals surface area contributed by atoms with E-state index < -0.39 is 10.0 Å². The fraction of sp³-hybridized carbons (Fsp3) is 0.769. The van der Waals surface area contributed by atoms with E-state index in [2.05, 4.69) is 15.5 Å². The summed E-state index contributed by atoms with van der Waals surface area (Å²) in [4.78, 5) is 0.305. The van der Waals surface area contributed by atoms with E-state index in [0.717, 1.165) is 32.4 Å². The van der Waals surface area contributed by atoms with E-state index in [0.29, 0.717) is 29.6 Å². The van der Waals surface area contributed by atoms with Gasteiger partial charge in [-0.25, -0.2) is 8.42 Å². The van der Waals surface area contributed by atoms with Gasteiger partial charge in [-0.3, -0.25) is 5.10 Å². The van der Waals surface area contributed by atoms with Crippen LogP contribution in [0.25, 0.3) is 0 Å². The molecule has 7 heteroatoms. The van der Waals surface area contributed by atoms with Crippen molar-refractivity contribution in [1.29, 1.82) is 0 Å². The van der Waals surface area contributed by atoms with Crippen LogP contribution in [-0.4, -0.2) is 49.1 Å². The van der Waals surface area contributed by atoms with Crippen molar-refractivity contribution in [3.05, 3.63) is 11.9 Å². The van der Waals surface area contributed by atoms with Crippen molar-refractivity contribution in [3.8, 4) is 0 Å². The van der Waals surface area contributed by atoms with Gasteiger partial charge in [0.1, 0.15) is 4.90 Å². The molecule has 1 saturated heterocycles. The summed E-state index contributed by atoms with van der Waals surface area (Å²) in [5.41, 5.74) is 0.608. The summed E-state index contributed by atoms with van der Waals surface area (Å²) >= 11 is 0. The standard InChI is InChI=1S/C13H24N4O2S/c1-3-8-17(10-12-4-6-14-7-5-12)20(18,19)13-9-15-16-11(13)2/h9,12,14H,3-8,10H2,1-2H3,(H,15,16). The summed E-state index contributed by atoms with van der Waals surface area (Å²) in [6.07, 6.45) is 4.32. The molecule has 0 radical (unpaired) electrons. The third-order valence-corrected chi connectivity index (χ3v) is 5.77. The molecule has 0 amide bonds. The molecule has 0 saturated carbocycles. The SMILES string of the molecule is CCCN(CC1CCNCC1)S(=O)(=O)c1cn[nH]c1C. The first-order valence-corrected chi connectivity index (χ1v) is 8.70. The molecule has 2 rings (SSSR count). The third kappa shape index (κ3) is 3.39. The molecule has 1 aromatic rings. The Balaban J connectivity index is 2.16. The molecule has 0 bridgehead atoms. The van der Waals surface area contributed by atoms with Crippen LogP contribution in [0.4, 0.5) is 0 Å². The van der Waals surface area contributed by atoms with E-state index >= 15 is 0 Å². The summed E-state index contributed by atoms with van der Waals surface area (Å²) in [6, 6.07) is 0. The lowest BCUT2D eigenvalue weighted by Gasteiger charge is -2.29. The van der Waals surface area contributed by atoms with Gasteiger partial charge in [-0.2, -0.15) is 9.40 Å². The second kappa shape index (κ2) is 6.69. The van der Waals surface area contributed by atoms with Crippen LogP contribution in [-0.2, 0) is 10.0 Å². The van der Waals surface area contributed by atoms with Crippen LogP contribution >= 0.6 is 0 Å². The first kappa shape index (κ1) is 15.5. The predicted molar refractivity (Wildman–Crippen MR) is 78.0 cm³/mol. The van der Waals surface area contributed by atoms with Crippen LogP contribution in [0.3, 0.4) is 0 Å². The largest absolute Gasteiger partial charge is 0.317 e. The molecule has 1 aromatic heterocycles. The average molecular weight is 300 g/mol. The number of nitrogens with one attached hydrogen (secondary N) is 2. The Bertz CT molecular complexity index is 520. The first-order valence-electron chi connectivity index (χ1n) is 7.26. The molecule has 0 atom stereocenters. The summed E-state index contributed by atoms with van der Waals surface area (Å²) < 4.78 is 27.1. The highest BCUT2D eigenvalue weighted by Crippen LogP contribution is 2.22. The van der Waals surface area contributed by atoms with Crippen molar-refractivity contribution < 1.29 is 8.42 Å². The Morgan fingerprint density at radius 3 is 2.65 bits per heavy atom. The maximum Gasteiger partial charge on any atom is 0.246 e. The number of aryl methyl sites for hydroxylation is 1. The highest BCUT2D eigenvalue weighted by Gasteiger charge is 2.29. The van der Waals surface area contributed by atoms with Gasteiger partial charge in [-0.1, -0.05) is 6.92 Å². The molecule has 0 unspecified atom stereocenters. The Morgan fingerprint density at radius 1 is 1.40 bits per heavy atom. The molecule has 1 aliphatic rings. The minimum Gasteiger partial charge on any atom is -0.317 e. The maximum absolute atomic E-state index is 12.7. The van der Waals surface area contributed by atoms with E-state index in [-0.39, 0.29) is 0 Å². The van der Waals surface area contributed by atoms with Gasteiger partial charge in [0.15, 0.2) is 0 Å². The van der Waals surface area contributed by atoms with Crippen molar-refractivity contribution >= 4 is 10.0 Å². The fourth-order valence-electron chi connectivity index (χ4n) is 2.65. The first-order chi connectivity index (χ1) is 9.55. The van der Waals surface area contributed by atoms with E-state index in [1.54, 1.807) is 11.2 Å². The molecule has 6 nitrogen and oxygen atoms in total. The number of aromatic nitrogens is 2. The number of piperidine rings is 1. The highest BCUT2D eigenvalue weighted by atomic mass is 32.2. The molecular weight excluding hydrogens is 276 g/mol. The Morgan fingerprint density at radius 2 is 2.10 bits per heavy atom. The molecule has 2 N–H and O–H groups in total. The maximum atomic E-state index is 12.7. The Kier molecular flexibility index (Phi) is 5.17. The number of aromatic amines is 1. The van der Waals surface area contributed by atoms with Crippen LogP contribution in [0, 0.1) is 12.8 Å². The molecule has 1 aliphatic heterocycles. The van der Waals surface area contributed by atoms with Crippen LogP contribution in [0.15, 0.2) is 11.1 Å². The minimum atomic E-state index is -3.43. The molecule has 0 aromatic carbocycles. The molecule has 1 fully saturated rings. The van der Waals surface area contributed by atoms with Gasteiger partial charge >= 0.3 is 0 Å². The Labute approximate surface area is 121 Å². The number of hydrogen-bond acceptors (Lipinski definition) is 4. The van der Waals surface area contributed by atoms with Gasteiger partial charge in [0.2, 0.25) is 10.0 Å². The molecule has 114 valence electrons. The normalized spacial score (nSPS) is 17.8. The van der Waals surface area contributed by atoms with Crippen molar-refractivity contribution in [1.82, 2.24) is 19.8 Å². The van der Waals surface area contributed by atoms with Gasteiger partial charge in [0.25, 0.3) is 0 Å². The van der Waals surface area contributed by atoms with Gasteiger partial charge in [0.05, 0.1) is 11.9 Å². The predicted octanol–water partition coefficient (Wildman–Crippen LogP) is 1.12. The lowest BCUT2D eigenvalue weighted by Crippen LogP contribution is -2.39. The number of rotatable bonds is 6. The van der Waals surface area contributed by atoms with E-state index in [1.807, 2.05) is 6.92 Å². The number of hydrogen-bond donors (Lipinski definition) is 2. The fourth-order valence-corrected chi connectivity index (χ4v) is 4.38. The lowest BCUT2D eigenvalue weighted by molar-refractivity contribution is 0.288. The van der Waals surface area contributed by atoms with Crippen LogP contribution in [0.5, 0.6) is 0 Å². The average Bonchev–Trinajstić information content (AvgIpc) is 2.86. The van der Waals surface area contributed by atoms with Crippen molar-refractivity contribution in [2.45, 2.75) is 38.0 Å². The zero-order valence-corrected chi connectivity index (χ0v) is 13.0. The second-order valence-corrected chi connectivity index (χ2v) is 7.32. The van der Waals surface area contributed by atoms with Gasteiger partial charge in [-0.15, -0.1) is 0 Å². The molecule has 2 heterocycles. The summed E-state index contributed by atoms with van der Waals surface area (Å²) in [5.74, 6) is 0.449. The van der Waals surface area contributed by atoms with E-state index in [4.69, 9.17) is 0 Å². The number of nitrogens with zero attached hydrogens (tertiary/aromatic N) is 2. The van der Waals surface area contributed by atoms with Gasteiger partial charge in [-0.05, 0) is 45.2 Å². The molecule has 0 aliphatic carbocycles. The lowest BCUT2D eigenvalue weighted by atomic mass is 9.98.